The number of phenolic OH excluding ortho intramolecular Hbond substituents is 1. The Morgan fingerprint density at radius 1 is 1.27 bits per heavy atom. The van der Waals surface area contributed by atoms with Crippen LogP contribution in [-0.2, 0) is 0 Å². The number of ketones is 2. The van der Waals surface area contributed by atoms with Crippen LogP contribution in [0.4, 0.5) is 5.69 Å². The number of fused-ring (bicyclic) bond motifs is 1. The van der Waals surface area contributed by atoms with Crippen LogP contribution in [0.5, 0.6) is 5.75 Å². The number of phenols is 1. The molecule has 76 valence electrons. The van der Waals surface area contributed by atoms with E-state index in [0.717, 1.165) is 0 Å². The van der Waals surface area contributed by atoms with E-state index in [4.69, 9.17) is 11.1 Å². The normalized spacial score (nSPS) is 15.3. The fraction of sp³-hybridized carbons (Fsp3) is 0.100. The molecular weight excluding hydrogens is 196 g/mol. The SMILES string of the molecule is N=C1CC(=O)c2c(N)ccc(O)c2C1=O. The van der Waals surface area contributed by atoms with E-state index in [1.807, 2.05) is 0 Å². The second-order valence-electron chi connectivity index (χ2n) is 3.33. The van der Waals surface area contributed by atoms with Crippen LogP contribution in [0.25, 0.3) is 0 Å². The van der Waals surface area contributed by atoms with E-state index in [1.54, 1.807) is 0 Å². The highest BCUT2D eigenvalue weighted by Gasteiger charge is 2.32. The van der Waals surface area contributed by atoms with Crippen molar-refractivity contribution in [3.05, 3.63) is 23.3 Å². The van der Waals surface area contributed by atoms with Crippen molar-refractivity contribution in [1.29, 1.82) is 5.41 Å². The Hall–Kier alpha value is -2.17. The van der Waals surface area contributed by atoms with Crippen molar-refractivity contribution >= 4 is 23.0 Å². The first-order valence-corrected chi connectivity index (χ1v) is 4.29. The second-order valence-corrected chi connectivity index (χ2v) is 3.33. The molecule has 5 nitrogen and oxygen atoms in total. The maximum atomic E-state index is 11.5. The van der Waals surface area contributed by atoms with Gasteiger partial charge in [0.25, 0.3) is 0 Å². The fourth-order valence-corrected chi connectivity index (χ4v) is 1.62. The average molecular weight is 204 g/mol. The summed E-state index contributed by atoms with van der Waals surface area (Å²) in [4.78, 5) is 23.1. The molecule has 4 N–H and O–H groups in total. The van der Waals surface area contributed by atoms with E-state index in [1.165, 1.54) is 12.1 Å². The fourth-order valence-electron chi connectivity index (χ4n) is 1.62. The van der Waals surface area contributed by atoms with E-state index in [9.17, 15) is 14.7 Å². The summed E-state index contributed by atoms with van der Waals surface area (Å²) >= 11 is 0. The number of nitrogens with two attached hydrogens (primary N) is 1. The van der Waals surface area contributed by atoms with Gasteiger partial charge in [0.15, 0.2) is 5.78 Å². The van der Waals surface area contributed by atoms with Crippen molar-refractivity contribution in [2.45, 2.75) is 6.42 Å². The van der Waals surface area contributed by atoms with Crippen LogP contribution in [0.3, 0.4) is 0 Å². The first-order valence-electron chi connectivity index (χ1n) is 4.29. The molecule has 1 aromatic rings. The lowest BCUT2D eigenvalue weighted by Gasteiger charge is -2.17. The summed E-state index contributed by atoms with van der Waals surface area (Å²) in [5, 5.41) is 16.8. The van der Waals surface area contributed by atoms with Crippen LogP contribution in [0.2, 0.25) is 0 Å². The highest BCUT2D eigenvalue weighted by Crippen LogP contribution is 2.31. The number of carbonyl (C=O) groups is 2. The number of aromatic hydroxyl groups is 1. The molecule has 2 rings (SSSR count). The first kappa shape index (κ1) is 9.39. The lowest BCUT2D eigenvalue weighted by molar-refractivity contribution is 0.0963. The van der Waals surface area contributed by atoms with Gasteiger partial charge in [-0.25, -0.2) is 0 Å². The molecule has 0 bridgehead atoms. The number of benzene rings is 1. The molecule has 15 heavy (non-hydrogen) atoms. The minimum absolute atomic E-state index is 0.0380. The predicted molar refractivity (Wildman–Crippen MR) is 53.5 cm³/mol. The quantitative estimate of drug-likeness (QED) is 0.428. The van der Waals surface area contributed by atoms with Crippen LogP contribution in [-0.4, -0.2) is 22.4 Å². The van der Waals surface area contributed by atoms with Crippen molar-refractivity contribution in [1.82, 2.24) is 0 Å². The van der Waals surface area contributed by atoms with Crippen LogP contribution in [0, 0.1) is 5.41 Å². The first-order chi connectivity index (χ1) is 7.02. The van der Waals surface area contributed by atoms with Crippen LogP contribution < -0.4 is 5.73 Å². The van der Waals surface area contributed by atoms with E-state index in [2.05, 4.69) is 0 Å². The van der Waals surface area contributed by atoms with Crippen molar-refractivity contribution in [2.24, 2.45) is 0 Å². The van der Waals surface area contributed by atoms with Gasteiger partial charge in [-0.2, -0.15) is 0 Å². The van der Waals surface area contributed by atoms with Gasteiger partial charge in [0.2, 0.25) is 5.78 Å². The Labute approximate surface area is 85.0 Å². The smallest absolute Gasteiger partial charge is 0.211 e. The molecule has 0 heterocycles. The van der Waals surface area contributed by atoms with Crippen molar-refractivity contribution < 1.29 is 14.7 Å². The lowest BCUT2D eigenvalue weighted by atomic mass is 9.86. The van der Waals surface area contributed by atoms with Gasteiger partial charge in [-0.3, -0.25) is 9.59 Å². The molecule has 1 aliphatic rings. The lowest BCUT2D eigenvalue weighted by Crippen LogP contribution is -2.27. The highest BCUT2D eigenvalue weighted by atomic mass is 16.3. The number of hydrogen-bond acceptors (Lipinski definition) is 5. The number of Topliss-reactive ketones (excluding diaryl/α,β-unsaturated/α-hetero) is 2. The zero-order valence-electron chi connectivity index (χ0n) is 7.70. The molecule has 0 aromatic heterocycles. The van der Waals surface area contributed by atoms with Gasteiger partial charge in [-0.1, -0.05) is 0 Å². The number of nitrogen functional groups attached to an aromatic ring is 1. The Morgan fingerprint density at radius 3 is 2.60 bits per heavy atom. The predicted octanol–water partition coefficient (Wildman–Crippen LogP) is 0.763. The molecule has 0 aliphatic heterocycles. The molecule has 1 aliphatic carbocycles. The van der Waals surface area contributed by atoms with Gasteiger partial charge in [0.1, 0.15) is 5.75 Å². The van der Waals surface area contributed by atoms with Gasteiger partial charge in [-0.05, 0) is 12.1 Å². The van der Waals surface area contributed by atoms with Gasteiger partial charge in [0, 0.05) is 5.69 Å². The van der Waals surface area contributed by atoms with E-state index < -0.39 is 11.6 Å². The maximum absolute atomic E-state index is 11.5. The Morgan fingerprint density at radius 2 is 1.93 bits per heavy atom. The molecule has 0 unspecified atom stereocenters. The molecule has 0 radical (unpaired) electrons. The molecule has 0 fully saturated rings. The van der Waals surface area contributed by atoms with E-state index in [-0.39, 0.29) is 34.7 Å². The summed E-state index contributed by atoms with van der Waals surface area (Å²) in [6.45, 7) is 0. The summed E-state index contributed by atoms with van der Waals surface area (Å²) in [6, 6.07) is 2.62. The third kappa shape index (κ3) is 1.20. The Kier molecular flexibility index (Phi) is 1.82. The summed E-state index contributed by atoms with van der Waals surface area (Å²) < 4.78 is 0. The van der Waals surface area contributed by atoms with Crippen molar-refractivity contribution in [3.63, 3.8) is 0 Å². The third-order valence-corrected chi connectivity index (χ3v) is 2.33. The number of carbonyl (C=O) groups excluding carboxylic acids is 2. The summed E-state index contributed by atoms with van der Waals surface area (Å²) in [6.07, 6.45) is -0.251. The third-order valence-electron chi connectivity index (χ3n) is 2.33. The van der Waals surface area contributed by atoms with Crippen molar-refractivity contribution in [2.75, 3.05) is 5.73 Å². The molecule has 0 saturated heterocycles. The van der Waals surface area contributed by atoms with Crippen LogP contribution in [0.1, 0.15) is 27.1 Å². The average Bonchev–Trinajstić information content (AvgIpc) is 2.18. The number of rotatable bonds is 0. The van der Waals surface area contributed by atoms with Crippen LogP contribution >= 0.6 is 0 Å². The summed E-state index contributed by atoms with van der Waals surface area (Å²) in [5.41, 5.74) is 5.30. The van der Waals surface area contributed by atoms with E-state index in [0.29, 0.717) is 0 Å². The Bertz CT molecular complexity index is 506. The molecular formula is C10H8N2O3. The van der Waals surface area contributed by atoms with Gasteiger partial charge >= 0.3 is 0 Å². The largest absolute Gasteiger partial charge is 0.507 e. The number of hydrogen-bond donors (Lipinski definition) is 3. The summed E-state index contributed by atoms with van der Waals surface area (Å²) in [7, 11) is 0. The molecule has 5 heteroatoms. The molecule has 0 spiro atoms. The minimum Gasteiger partial charge on any atom is -0.507 e. The zero-order chi connectivity index (χ0) is 11.2. The number of anilines is 1. The number of nitrogens with one attached hydrogen (secondary N) is 1. The summed E-state index contributed by atoms with van der Waals surface area (Å²) in [5.74, 6) is -1.33. The van der Waals surface area contributed by atoms with E-state index >= 15 is 0 Å². The maximum Gasteiger partial charge on any atom is 0.211 e. The molecule has 0 amide bonds. The highest BCUT2D eigenvalue weighted by molar-refractivity contribution is 6.52. The monoisotopic (exact) mass is 204 g/mol. The molecule has 0 saturated carbocycles. The molecule has 1 aromatic carbocycles. The van der Waals surface area contributed by atoms with Crippen LogP contribution in [0.15, 0.2) is 12.1 Å². The zero-order valence-corrected chi connectivity index (χ0v) is 7.70. The molecule has 0 atom stereocenters. The van der Waals surface area contributed by atoms with Gasteiger partial charge < -0.3 is 16.2 Å². The topological polar surface area (TPSA) is 104 Å². The Balaban J connectivity index is 2.81. The van der Waals surface area contributed by atoms with Gasteiger partial charge in [-0.15, -0.1) is 0 Å². The second kappa shape index (κ2) is 2.91. The van der Waals surface area contributed by atoms with Crippen molar-refractivity contribution in [3.8, 4) is 5.75 Å². The standard InChI is InChI=1S/C10H8N2O3/c11-4-1-2-6(13)9-8(4)7(14)3-5(12)10(9)15/h1-2,12-13H,3,11H2. The van der Waals surface area contributed by atoms with Gasteiger partial charge in [0.05, 0.1) is 23.3 Å². The minimum atomic E-state index is -0.630.